The topological polar surface area (TPSA) is 0 Å². The van der Waals surface area contributed by atoms with Crippen molar-refractivity contribution in [3.8, 4) is 0 Å². The van der Waals surface area contributed by atoms with Gasteiger partial charge in [-0.3, -0.25) is 0 Å². The van der Waals surface area contributed by atoms with Crippen molar-refractivity contribution in [2.24, 2.45) is 0 Å². The van der Waals surface area contributed by atoms with Gasteiger partial charge in [-0.15, -0.1) is 0 Å². The Labute approximate surface area is 191 Å². The molecule has 128 valence electrons. The van der Waals surface area contributed by atoms with E-state index < -0.39 is 6.98 Å². The Morgan fingerprint density at radius 3 is 1.64 bits per heavy atom. The zero-order valence-corrected chi connectivity index (χ0v) is 19.8. The molecule has 1 aliphatic rings. The Hall–Kier alpha value is 1.76. The molecular weight excluding hydrogens is 592 g/mol. The van der Waals surface area contributed by atoms with Crippen LogP contribution in [0.25, 0.3) is 0 Å². The maximum Gasteiger partial charge on any atom is 0.129 e. The molecule has 1 aromatic carbocycles. The first-order valence-electron chi connectivity index (χ1n) is 7.79. The minimum absolute atomic E-state index is 0. The summed E-state index contributed by atoms with van der Waals surface area (Å²) in [6.45, 7) is -0.429. The molecule has 0 saturated carbocycles. The highest BCUT2D eigenvalue weighted by molar-refractivity contribution is 6.52. The zero-order valence-electron chi connectivity index (χ0n) is 15.5. The van der Waals surface area contributed by atoms with E-state index in [0.29, 0.717) is 38.7 Å². The molecular formula is C14H20Cl4I2N2. The predicted molar refractivity (Wildman–Crippen MR) is 87.8 cm³/mol. The lowest BCUT2D eigenvalue weighted by atomic mass is 10.1. The number of hydrogen-bond acceptors (Lipinski definition) is 0. The second-order valence-corrected chi connectivity index (χ2v) is 7.92. The van der Waals surface area contributed by atoms with Crippen molar-refractivity contribution in [2.75, 3.05) is 41.2 Å². The average molecular weight is 618 g/mol. The van der Waals surface area contributed by atoms with Crippen molar-refractivity contribution < 1.29 is 61.0 Å². The molecule has 0 bridgehead atoms. The molecule has 0 amide bonds. The third-order valence-electron chi connectivity index (χ3n) is 3.59. The summed E-state index contributed by atoms with van der Waals surface area (Å²) in [7, 11) is 6.10. The molecule has 0 aromatic heterocycles. The van der Waals surface area contributed by atoms with Crippen LogP contribution in [0.3, 0.4) is 0 Å². The van der Waals surface area contributed by atoms with Gasteiger partial charge in [0.1, 0.15) is 26.2 Å². The van der Waals surface area contributed by atoms with Crippen LogP contribution in [0.5, 0.6) is 0 Å². The van der Waals surface area contributed by atoms with Crippen molar-refractivity contribution in [3.05, 3.63) is 31.2 Å². The molecule has 22 heavy (non-hydrogen) atoms. The van der Waals surface area contributed by atoms with Crippen molar-refractivity contribution in [1.82, 2.24) is 0 Å². The minimum atomic E-state index is -2.18. The van der Waals surface area contributed by atoms with E-state index in [1.54, 1.807) is 0 Å². The van der Waals surface area contributed by atoms with E-state index in [-0.39, 0.29) is 75.6 Å². The van der Waals surface area contributed by atoms with Gasteiger partial charge < -0.3 is 56.9 Å². The van der Waals surface area contributed by atoms with Gasteiger partial charge in [-0.2, -0.15) is 0 Å². The van der Waals surface area contributed by atoms with Gasteiger partial charge in [-0.1, -0.05) is 46.4 Å². The fraction of sp³-hybridized carbons (Fsp3) is 0.571. The first-order valence-corrected chi connectivity index (χ1v) is 7.81. The molecule has 0 unspecified atom stereocenters. The summed E-state index contributed by atoms with van der Waals surface area (Å²) in [4.78, 5) is 0. The largest absolute Gasteiger partial charge is 1.00 e. The van der Waals surface area contributed by atoms with Crippen LogP contribution in [-0.2, 0) is 13.1 Å². The smallest absolute Gasteiger partial charge is 0.129 e. The average Bonchev–Trinajstić information content (AvgIpc) is 2.81. The molecule has 0 saturated heterocycles. The monoisotopic (exact) mass is 616 g/mol. The first-order chi connectivity index (χ1) is 10.3. The van der Waals surface area contributed by atoms with Crippen LogP contribution < -0.4 is 48.0 Å². The second kappa shape index (κ2) is 8.43. The van der Waals surface area contributed by atoms with E-state index in [1.165, 1.54) is 0 Å². The lowest BCUT2D eigenvalue weighted by molar-refractivity contribution is -0.961. The second-order valence-electron chi connectivity index (χ2n) is 6.41. The summed E-state index contributed by atoms with van der Waals surface area (Å²) in [6.07, 6.45) is 0. The summed E-state index contributed by atoms with van der Waals surface area (Å²) in [5.41, 5.74) is 1.40. The van der Waals surface area contributed by atoms with Crippen molar-refractivity contribution in [3.63, 3.8) is 0 Å². The molecule has 2 rings (SSSR count). The van der Waals surface area contributed by atoms with Gasteiger partial charge in [-0.25, -0.2) is 0 Å². The van der Waals surface area contributed by atoms with Crippen LogP contribution in [0.4, 0.5) is 0 Å². The lowest BCUT2D eigenvalue weighted by Gasteiger charge is -2.33. The standard InChI is InChI=1S/C14H20Cl4N2.2HI/c1-19(2,3)5-6-20(4)7-9-10(8-20)12(16)14(18)13(17)11(9)15;;/h5-8H2,1-4H3;2*1H/q+2;;/p-2/i4T3;;. The van der Waals surface area contributed by atoms with E-state index in [4.69, 9.17) is 50.5 Å². The number of nitrogens with zero attached hydrogens (tertiary/aromatic N) is 2. The van der Waals surface area contributed by atoms with Gasteiger partial charge >= 0.3 is 0 Å². The number of benzene rings is 1. The molecule has 0 radical (unpaired) electrons. The van der Waals surface area contributed by atoms with E-state index in [9.17, 15) is 0 Å². The molecule has 0 atom stereocenters. The Balaban J connectivity index is 0.00000288. The highest BCUT2D eigenvalue weighted by Gasteiger charge is 2.38. The van der Waals surface area contributed by atoms with Crippen molar-refractivity contribution in [1.29, 1.82) is 0 Å². The van der Waals surface area contributed by atoms with Crippen LogP contribution in [0.2, 0.25) is 20.1 Å². The Morgan fingerprint density at radius 2 is 1.32 bits per heavy atom. The molecule has 0 aliphatic carbocycles. The molecule has 0 spiro atoms. The summed E-state index contributed by atoms with van der Waals surface area (Å²) < 4.78 is 24.8. The third-order valence-corrected chi connectivity index (χ3v) is 5.47. The van der Waals surface area contributed by atoms with Crippen molar-refractivity contribution in [2.45, 2.75) is 13.1 Å². The molecule has 2 nitrogen and oxygen atoms in total. The summed E-state index contributed by atoms with van der Waals surface area (Å²) in [5, 5.41) is 1.000. The number of fused-ring (bicyclic) bond motifs is 1. The summed E-state index contributed by atoms with van der Waals surface area (Å²) in [5.74, 6) is 0. The Kier molecular flexibility index (Phi) is 7.11. The van der Waals surface area contributed by atoms with Gasteiger partial charge in [0.05, 0.1) is 52.3 Å². The van der Waals surface area contributed by atoms with Crippen LogP contribution in [0.1, 0.15) is 15.2 Å². The van der Waals surface area contributed by atoms with Gasteiger partial charge in [0.15, 0.2) is 0 Å². The number of rotatable bonds is 3. The number of quaternary nitrogens is 2. The third kappa shape index (κ3) is 5.13. The van der Waals surface area contributed by atoms with Crippen LogP contribution in [0, 0.1) is 0 Å². The van der Waals surface area contributed by atoms with E-state index in [2.05, 4.69) is 0 Å². The van der Waals surface area contributed by atoms with E-state index in [1.807, 2.05) is 21.1 Å². The summed E-state index contributed by atoms with van der Waals surface area (Å²) in [6, 6.07) is 0. The maximum atomic E-state index is 8.06. The molecule has 1 aromatic rings. The SMILES string of the molecule is [3H]C([3H])([3H])[N+]1(CC[N+](C)(C)C)Cc2c(Cl)c(Cl)c(Cl)c(Cl)c2C1.[I-].[I-]. The van der Waals surface area contributed by atoms with E-state index >= 15 is 0 Å². The van der Waals surface area contributed by atoms with Crippen LogP contribution in [0.15, 0.2) is 0 Å². The Bertz CT molecular complexity index is 612. The maximum absolute atomic E-state index is 8.06. The fourth-order valence-corrected chi connectivity index (χ4v) is 3.41. The normalized spacial score (nSPS) is 18.4. The highest BCUT2D eigenvalue weighted by atomic mass is 127. The molecule has 0 N–H and O–H groups in total. The number of likely N-dealkylation sites (N-methyl/N-ethyl adjacent to an activating group) is 2. The number of hydrogen-bond donors (Lipinski definition) is 0. The zero-order chi connectivity index (χ0) is 17.8. The van der Waals surface area contributed by atoms with Gasteiger partial charge in [0.25, 0.3) is 0 Å². The summed E-state index contributed by atoms with van der Waals surface area (Å²) >= 11 is 24.9. The molecule has 8 heteroatoms. The lowest BCUT2D eigenvalue weighted by Crippen LogP contribution is -3.00. The number of halogens is 6. The quantitative estimate of drug-likeness (QED) is 0.167. The van der Waals surface area contributed by atoms with Crippen LogP contribution in [-0.4, -0.2) is 50.2 Å². The molecule has 1 aliphatic heterocycles. The minimum Gasteiger partial charge on any atom is -1.00 e. The van der Waals surface area contributed by atoms with E-state index in [0.717, 1.165) is 0 Å². The molecule has 0 fully saturated rings. The highest BCUT2D eigenvalue weighted by Crippen LogP contribution is 2.46. The van der Waals surface area contributed by atoms with Crippen LogP contribution >= 0.6 is 46.4 Å². The van der Waals surface area contributed by atoms with Gasteiger partial charge in [0.2, 0.25) is 0 Å². The molecule has 1 heterocycles. The fourth-order valence-electron chi connectivity index (χ4n) is 2.36. The van der Waals surface area contributed by atoms with Gasteiger partial charge in [0, 0.05) is 11.1 Å². The predicted octanol–water partition coefficient (Wildman–Crippen LogP) is -1.53. The van der Waals surface area contributed by atoms with Crippen molar-refractivity contribution >= 4 is 46.4 Å². The Morgan fingerprint density at radius 1 is 0.909 bits per heavy atom. The van der Waals surface area contributed by atoms with Gasteiger partial charge in [-0.05, 0) is 0 Å². The first kappa shape index (κ1) is 18.5.